The third kappa shape index (κ3) is 7.50. The van der Waals surface area contributed by atoms with Crippen molar-refractivity contribution in [2.24, 2.45) is 0 Å². The van der Waals surface area contributed by atoms with Gasteiger partial charge in [-0.1, -0.05) is 140 Å². The molecule has 0 fully saturated rings. The van der Waals surface area contributed by atoms with Crippen molar-refractivity contribution in [1.29, 1.82) is 0 Å². The summed E-state index contributed by atoms with van der Waals surface area (Å²) in [4.78, 5) is 2.32. The highest BCUT2D eigenvalue weighted by Crippen LogP contribution is 2.36. The second-order valence-corrected chi connectivity index (χ2v) is 10.0. The standard InChI is InChI=1S/C40H35N/c1-32-30-39(28-26-36(32)22-14-12-20-34-16-6-3-7-17-34)41(38-24-10-5-11-25-38)40-29-27-37(33(2)31-40)23-15-13-21-35-18-8-4-9-19-35/h3-31H,1-2H3. The van der Waals surface area contributed by atoms with Crippen LogP contribution in [0.25, 0.3) is 24.3 Å². The zero-order valence-corrected chi connectivity index (χ0v) is 23.7. The molecule has 0 bridgehead atoms. The van der Waals surface area contributed by atoms with E-state index in [-0.39, 0.29) is 0 Å². The molecule has 0 atom stereocenters. The molecule has 0 unspecified atom stereocenters. The number of hydrogen-bond acceptors (Lipinski definition) is 1. The molecule has 0 saturated heterocycles. The first-order chi connectivity index (χ1) is 20.2. The van der Waals surface area contributed by atoms with E-state index in [2.05, 4.69) is 183 Å². The highest BCUT2D eigenvalue weighted by atomic mass is 15.1. The van der Waals surface area contributed by atoms with E-state index in [0.717, 1.165) is 17.1 Å². The zero-order valence-electron chi connectivity index (χ0n) is 23.7. The SMILES string of the molecule is Cc1cc(N(c2ccccc2)c2ccc(C=CC=Cc3ccccc3)c(C)c2)ccc1C=CC=Cc1ccccc1. The van der Waals surface area contributed by atoms with Gasteiger partial charge in [0.05, 0.1) is 0 Å². The molecule has 0 N–H and O–H groups in total. The summed E-state index contributed by atoms with van der Waals surface area (Å²) in [6.07, 6.45) is 17.0. The largest absolute Gasteiger partial charge is 0.310 e. The molecule has 5 aromatic rings. The number of hydrogen-bond donors (Lipinski definition) is 0. The van der Waals surface area contributed by atoms with E-state index < -0.39 is 0 Å². The van der Waals surface area contributed by atoms with E-state index in [4.69, 9.17) is 0 Å². The van der Waals surface area contributed by atoms with Gasteiger partial charge in [-0.05, 0) is 83.6 Å². The predicted octanol–water partition coefficient (Wildman–Crippen LogP) is 11.2. The summed E-state index contributed by atoms with van der Waals surface area (Å²) < 4.78 is 0. The number of allylic oxidation sites excluding steroid dienone is 4. The Morgan fingerprint density at radius 3 is 1.20 bits per heavy atom. The minimum atomic E-state index is 1.13. The number of benzene rings is 5. The van der Waals surface area contributed by atoms with Crippen molar-refractivity contribution in [3.63, 3.8) is 0 Å². The monoisotopic (exact) mass is 529 g/mol. The second-order valence-electron chi connectivity index (χ2n) is 10.0. The van der Waals surface area contributed by atoms with Crippen LogP contribution in [-0.2, 0) is 0 Å². The molecule has 0 radical (unpaired) electrons. The second kappa shape index (κ2) is 13.8. The fraction of sp³-hybridized carbons (Fsp3) is 0.0500. The van der Waals surface area contributed by atoms with Gasteiger partial charge in [-0.2, -0.15) is 0 Å². The Kier molecular flexibility index (Phi) is 9.22. The van der Waals surface area contributed by atoms with Gasteiger partial charge in [0.15, 0.2) is 0 Å². The van der Waals surface area contributed by atoms with Crippen LogP contribution in [0.4, 0.5) is 17.1 Å². The van der Waals surface area contributed by atoms with Crippen LogP contribution in [-0.4, -0.2) is 0 Å². The van der Waals surface area contributed by atoms with Crippen LogP contribution >= 0.6 is 0 Å². The summed E-state index contributed by atoms with van der Waals surface area (Å²) in [7, 11) is 0. The number of aryl methyl sites for hydroxylation is 2. The predicted molar refractivity (Wildman–Crippen MR) is 180 cm³/mol. The van der Waals surface area contributed by atoms with Gasteiger partial charge in [-0.3, -0.25) is 0 Å². The maximum absolute atomic E-state index is 2.32. The third-order valence-corrected chi connectivity index (χ3v) is 6.99. The quantitative estimate of drug-likeness (QED) is 0.172. The van der Waals surface area contributed by atoms with Gasteiger partial charge in [0.1, 0.15) is 0 Å². The van der Waals surface area contributed by atoms with Crippen LogP contribution < -0.4 is 4.90 Å². The van der Waals surface area contributed by atoms with Crippen molar-refractivity contribution in [3.8, 4) is 0 Å². The third-order valence-electron chi connectivity index (χ3n) is 6.99. The van der Waals surface area contributed by atoms with Gasteiger partial charge in [-0.15, -0.1) is 0 Å². The van der Waals surface area contributed by atoms with Gasteiger partial charge >= 0.3 is 0 Å². The fourth-order valence-electron chi connectivity index (χ4n) is 4.78. The lowest BCUT2D eigenvalue weighted by Gasteiger charge is -2.26. The summed E-state index contributed by atoms with van der Waals surface area (Å²) in [6, 6.07) is 44.7. The minimum Gasteiger partial charge on any atom is -0.310 e. The first kappa shape index (κ1) is 27.4. The maximum Gasteiger partial charge on any atom is 0.0464 e. The fourth-order valence-corrected chi connectivity index (χ4v) is 4.78. The average molecular weight is 530 g/mol. The molecule has 1 heteroatoms. The van der Waals surface area contributed by atoms with Gasteiger partial charge in [0.2, 0.25) is 0 Å². The van der Waals surface area contributed by atoms with Crippen molar-refractivity contribution in [1.82, 2.24) is 0 Å². The van der Waals surface area contributed by atoms with Gasteiger partial charge in [-0.25, -0.2) is 0 Å². The molecule has 5 aromatic carbocycles. The lowest BCUT2D eigenvalue weighted by molar-refractivity contribution is 1.25. The molecular formula is C40H35N. The van der Waals surface area contributed by atoms with E-state index >= 15 is 0 Å². The Labute approximate surface area is 244 Å². The van der Waals surface area contributed by atoms with E-state index in [1.807, 2.05) is 12.1 Å². The molecule has 0 aliphatic carbocycles. The van der Waals surface area contributed by atoms with Crippen LogP contribution in [0.15, 0.2) is 152 Å². The smallest absolute Gasteiger partial charge is 0.0464 e. The summed E-state index contributed by atoms with van der Waals surface area (Å²) in [5.41, 5.74) is 10.7. The summed E-state index contributed by atoms with van der Waals surface area (Å²) in [5, 5.41) is 0. The zero-order chi connectivity index (χ0) is 28.3. The molecular weight excluding hydrogens is 494 g/mol. The number of para-hydroxylation sites is 1. The average Bonchev–Trinajstić information content (AvgIpc) is 3.01. The van der Waals surface area contributed by atoms with Gasteiger partial charge in [0.25, 0.3) is 0 Å². The molecule has 0 aromatic heterocycles. The van der Waals surface area contributed by atoms with Crippen molar-refractivity contribution >= 4 is 41.4 Å². The summed E-state index contributed by atoms with van der Waals surface area (Å²) in [5.74, 6) is 0. The van der Waals surface area contributed by atoms with E-state index in [0.29, 0.717) is 0 Å². The van der Waals surface area contributed by atoms with Crippen molar-refractivity contribution in [2.45, 2.75) is 13.8 Å². The molecule has 0 spiro atoms. The topological polar surface area (TPSA) is 3.24 Å². The van der Waals surface area contributed by atoms with Crippen molar-refractivity contribution in [2.75, 3.05) is 4.90 Å². The van der Waals surface area contributed by atoms with Crippen LogP contribution in [0.1, 0.15) is 33.4 Å². The van der Waals surface area contributed by atoms with Crippen LogP contribution in [0, 0.1) is 13.8 Å². The first-order valence-electron chi connectivity index (χ1n) is 14.0. The molecule has 200 valence electrons. The molecule has 41 heavy (non-hydrogen) atoms. The Balaban J connectivity index is 1.38. The Morgan fingerprint density at radius 1 is 0.390 bits per heavy atom. The Hall–Kier alpha value is -5.14. The molecule has 0 aliphatic heterocycles. The molecule has 5 rings (SSSR count). The molecule has 0 amide bonds. The molecule has 1 nitrogen and oxygen atoms in total. The van der Waals surface area contributed by atoms with Crippen LogP contribution in [0.5, 0.6) is 0 Å². The number of nitrogens with zero attached hydrogens (tertiary/aromatic N) is 1. The highest BCUT2D eigenvalue weighted by Gasteiger charge is 2.14. The molecule has 0 saturated carbocycles. The van der Waals surface area contributed by atoms with Gasteiger partial charge < -0.3 is 4.90 Å². The summed E-state index contributed by atoms with van der Waals surface area (Å²) in [6.45, 7) is 4.35. The van der Waals surface area contributed by atoms with E-state index in [1.54, 1.807) is 0 Å². The number of rotatable bonds is 9. The van der Waals surface area contributed by atoms with Gasteiger partial charge in [0, 0.05) is 17.1 Å². The Bertz CT molecular complexity index is 1560. The van der Waals surface area contributed by atoms with Crippen molar-refractivity contribution < 1.29 is 0 Å². The normalized spacial score (nSPS) is 11.8. The maximum atomic E-state index is 2.32. The minimum absolute atomic E-state index is 1.13. The first-order valence-corrected chi connectivity index (χ1v) is 14.0. The number of anilines is 3. The molecule has 0 aliphatic rings. The van der Waals surface area contributed by atoms with E-state index in [1.165, 1.54) is 33.4 Å². The Morgan fingerprint density at radius 2 is 0.780 bits per heavy atom. The van der Waals surface area contributed by atoms with Crippen LogP contribution in [0.2, 0.25) is 0 Å². The summed E-state index contributed by atoms with van der Waals surface area (Å²) >= 11 is 0. The van der Waals surface area contributed by atoms with Crippen molar-refractivity contribution in [3.05, 3.63) is 185 Å². The molecule has 0 heterocycles. The lowest BCUT2D eigenvalue weighted by atomic mass is 10.0. The van der Waals surface area contributed by atoms with Crippen LogP contribution in [0.3, 0.4) is 0 Å². The highest BCUT2D eigenvalue weighted by molar-refractivity contribution is 5.79. The lowest BCUT2D eigenvalue weighted by Crippen LogP contribution is -2.10. The van der Waals surface area contributed by atoms with E-state index in [9.17, 15) is 0 Å².